The lowest BCUT2D eigenvalue weighted by Crippen LogP contribution is -2.28. The minimum absolute atomic E-state index is 0.207. The molecule has 0 aliphatic carbocycles. The van der Waals surface area contributed by atoms with Crippen LogP contribution < -0.4 is 11.3 Å². The van der Waals surface area contributed by atoms with Gasteiger partial charge in [-0.05, 0) is 29.6 Å². The molecular formula is C12H13BrN2S2. The Bertz CT molecular complexity index is 459. The van der Waals surface area contributed by atoms with Crippen LogP contribution in [0, 0.1) is 0 Å². The Hall–Kier alpha value is -0.330. The lowest BCUT2D eigenvalue weighted by atomic mass is 10.3. The van der Waals surface area contributed by atoms with E-state index in [1.54, 1.807) is 23.1 Å². The summed E-state index contributed by atoms with van der Waals surface area (Å²) in [5.74, 6) is 6.52. The average molecular weight is 329 g/mol. The third-order valence-electron chi connectivity index (χ3n) is 2.30. The summed E-state index contributed by atoms with van der Waals surface area (Å²) in [6, 6.07) is 12.7. The molecule has 0 radical (unpaired) electrons. The molecule has 2 rings (SSSR count). The molecule has 0 bridgehead atoms. The van der Waals surface area contributed by atoms with E-state index in [9.17, 15) is 0 Å². The van der Waals surface area contributed by atoms with Crippen LogP contribution in [0.1, 0.15) is 10.9 Å². The quantitative estimate of drug-likeness (QED) is 0.498. The van der Waals surface area contributed by atoms with Crippen molar-refractivity contribution in [2.45, 2.75) is 10.9 Å². The Morgan fingerprint density at radius 2 is 2.24 bits per heavy atom. The summed E-state index contributed by atoms with van der Waals surface area (Å²) in [6.07, 6.45) is 0. The fraction of sp³-hybridized carbons (Fsp3) is 0.167. The molecule has 5 heteroatoms. The number of hydrazine groups is 1. The van der Waals surface area contributed by atoms with Gasteiger partial charge in [-0.1, -0.05) is 28.1 Å². The second-order valence-corrected chi connectivity index (χ2v) is 6.49. The van der Waals surface area contributed by atoms with E-state index in [1.165, 1.54) is 9.77 Å². The van der Waals surface area contributed by atoms with Gasteiger partial charge in [-0.3, -0.25) is 11.3 Å². The molecule has 0 spiro atoms. The molecule has 0 saturated carbocycles. The summed E-state index contributed by atoms with van der Waals surface area (Å²) in [5.41, 5.74) is 2.87. The number of nitrogens with two attached hydrogens (primary N) is 1. The lowest BCUT2D eigenvalue weighted by Gasteiger charge is -2.13. The van der Waals surface area contributed by atoms with Crippen LogP contribution in [0.5, 0.6) is 0 Å². The first-order valence-corrected chi connectivity index (χ1v) is 7.83. The van der Waals surface area contributed by atoms with Gasteiger partial charge in [0, 0.05) is 20.0 Å². The molecule has 2 aromatic rings. The summed E-state index contributed by atoms with van der Waals surface area (Å²) in [7, 11) is 0. The van der Waals surface area contributed by atoms with Gasteiger partial charge in [0.25, 0.3) is 0 Å². The Morgan fingerprint density at radius 3 is 2.88 bits per heavy atom. The van der Waals surface area contributed by atoms with Crippen LogP contribution in [0.2, 0.25) is 0 Å². The number of thioether (sulfide) groups is 1. The summed E-state index contributed by atoms with van der Waals surface area (Å²) in [4.78, 5) is 2.52. The number of halogens is 1. The van der Waals surface area contributed by atoms with Gasteiger partial charge in [-0.2, -0.15) is 0 Å². The summed E-state index contributed by atoms with van der Waals surface area (Å²) in [5, 5.41) is 2.07. The molecule has 90 valence electrons. The zero-order valence-electron chi connectivity index (χ0n) is 9.10. The van der Waals surface area contributed by atoms with Crippen molar-refractivity contribution < 1.29 is 0 Å². The second kappa shape index (κ2) is 6.56. The maximum Gasteiger partial charge on any atom is 0.0647 e. The molecule has 0 saturated heterocycles. The van der Waals surface area contributed by atoms with E-state index < -0.39 is 0 Å². The monoisotopic (exact) mass is 328 g/mol. The third kappa shape index (κ3) is 3.82. The molecule has 0 amide bonds. The zero-order chi connectivity index (χ0) is 12.1. The first kappa shape index (κ1) is 13.1. The van der Waals surface area contributed by atoms with Gasteiger partial charge in [0.05, 0.1) is 6.04 Å². The van der Waals surface area contributed by atoms with Crippen molar-refractivity contribution in [3.05, 3.63) is 51.1 Å². The molecule has 0 aliphatic heterocycles. The zero-order valence-corrected chi connectivity index (χ0v) is 12.3. The van der Waals surface area contributed by atoms with Crippen LogP contribution in [0.3, 0.4) is 0 Å². The Morgan fingerprint density at radius 1 is 1.35 bits per heavy atom. The van der Waals surface area contributed by atoms with Crippen molar-refractivity contribution in [3.8, 4) is 0 Å². The summed E-state index contributed by atoms with van der Waals surface area (Å²) < 4.78 is 1.11. The third-order valence-corrected chi connectivity index (χ3v) is 4.87. The molecule has 1 atom stereocenters. The maximum absolute atomic E-state index is 5.59. The van der Waals surface area contributed by atoms with E-state index in [0.29, 0.717) is 0 Å². The minimum atomic E-state index is 0.207. The Kier molecular flexibility index (Phi) is 5.06. The Labute approximate surface area is 118 Å². The smallest absolute Gasteiger partial charge is 0.0647 e. The molecule has 0 aliphatic rings. The van der Waals surface area contributed by atoms with E-state index in [4.69, 9.17) is 5.84 Å². The Balaban J connectivity index is 1.97. The highest BCUT2D eigenvalue weighted by atomic mass is 79.9. The number of nitrogens with one attached hydrogen (secondary N) is 1. The molecular weight excluding hydrogens is 316 g/mol. The second-order valence-electron chi connectivity index (χ2n) is 3.50. The number of rotatable bonds is 5. The molecule has 0 fully saturated rings. The summed E-state index contributed by atoms with van der Waals surface area (Å²) >= 11 is 7.00. The van der Waals surface area contributed by atoms with Crippen molar-refractivity contribution in [1.82, 2.24) is 5.43 Å². The van der Waals surface area contributed by atoms with Crippen molar-refractivity contribution in [1.29, 1.82) is 0 Å². The maximum atomic E-state index is 5.59. The van der Waals surface area contributed by atoms with Gasteiger partial charge in [0.15, 0.2) is 0 Å². The molecule has 1 aromatic heterocycles. The normalized spacial score (nSPS) is 12.6. The van der Waals surface area contributed by atoms with Crippen molar-refractivity contribution in [2.75, 3.05) is 5.75 Å². The van der Waals surface area contributed by atoms with Crippen molar-refractivity contribution in [3.63, 3.8) is 0 Å². The van der Waals surface area contributed by atoms with Gasteiger partial charge < -0.3 is 0 Å². The number of thiophene rings is 1. The van der Waals surface area contributed by atoms with Gasteiger partial charge >= 0.3 is 0 Å². The van der Waals surface area contributed by atoms with Crippen molar-refractivity contribution >= 4 is 39.0 Å². The van der Waals surface area contributed by atoms with E-state index >= 15 is 0 Å². The van der Waals surface area contributed by atoms with Crippen molar-refractivity contribution in [2.24, 2.45) is 5.84 Å². The fourth-order valence-electron chi connectivity index (χ4n) is 1.44. The predicted molar refractivity (Wildman–Crippen MR) is 79.2 cm³/mol. The van der Waals surface area contributed by atoms with Crippen LogP contribution in [0.4, 0.5) is 0 Å². The van der Waals surface area contributed by atoms with Gasteiger partial charge in [0.1, 0.15) is 0 Å². The molecule has 17 heavy (non-hydrogen) atoms. The van der Waals surface area contributed by atoms with E-state index in [1.807, 2.05) is 18.2 Å². The van der Waals surface area contributed by atoms with Crippen LogP contribution in [-0.4, -0.2) is 5.75 Å². The molecule has 1 heterocycles. The first-order chi connectivity index (χ1) is 8.29. The summed E-state index contributed by atoms with van der Waals surface area (Å²) in [6.45, 7) is 0. The SMILES string of the molecule is NNC(CSc1cccc(Br)c1)c1cccs1. The highest BCUT2D eigenvalue weighted by molar-refractivity contribution is 9.10. The van der Waals surface area contributed by atoms with E-state index in [0.717, 1.165) is 10.2 Å². The predicted octanol–water partition coefficient (Wildman–Crippen LogP) is 3.81. The van der Waals surface area contributed by atoms with Crippen LogP contribution in [-0.2, 0) is 0 Å². The first-order valence-electron chi connectivity index (χ1n) is 5.17. The lowest BCUT2D eigenvalue weighted by molar-refractivity contribution is 0.620. The van der Waals surface area contributed by atoms with Gasteiger partial charge in [-0.15, -0.1) is 23.1 Å². The van der Waals surface area contributed by atoms with E-state index in [2.05, 4.69) is 44.9 Å². The van der Waals surface area contributed by atoms with Gasteiger partial charge in [0.2, 0.25) is 0 Å². The minimum Gasteiger partial charge on any atom is -0.271 e. The standard InChI is InChI=1S/C12H13BrN2S2/c13-9-3-1-4-10(7-9)17-8-11(15-14)12-5-2-6-16-12/h1-7,11,15H,8,14H2. The molecule has 1 unspecified atom stereocenters. The highest BCUT2D eigenvalue weighted by Gasteiger charge is 2.10. The number of benzene rings is 1. The fourth-order valence-corrected chi connectivity index (χ4v) is 3.90. The van der Waals surface area contributed by atoms with Crippen LogP contribution >= 0.6 is 39.0 Å². The molecule has 1 aromatic carbocycles. The molecule has 2 nitrogen and oxygen atoms in total. The average Bonchev–Trinajstić information content (AvgIpc) is 2.84. The van der Waals surface area contributed by atoms with Gasteiger partial charge in [-0.25, -0.2) is 0 Å². The largest absolute Gasteiger partial charge is 0.271 e. The highest BCUT2D eigenvalue weighted by Crippen LogP contribution is 2.28. The topological polar surface area (TPSA) is 38.0 Å². The van der Waals surface area contributed by atoms with Crippen LogP contribution in [0.25, 0.3) is 0 Å². The number of hydrogen-bond acceptors (Lipinski definition) is 4. The number of hydrogen-bond donors (Lipinski definition) is 2. The van der Waals surface area contributed by atoms with Crippen LogP contribution in [0.15, 0.2) is 51.1 Å². The van der Waals surface area contributed by atoms with E-state index in [-0.39, 0.29) is 6.04 Å². The molecule has 3 N–H and O–H groups in total.